The second kappa shape index (κ2) is 6.57. The molecule has 0 saturated carbocycles. The molecule has 0 amide bonds. The molecule has 1 aromatic carbocycles. The fraction of sp³-hybridized carbons (Fsp3) is 0.333. The summed E-state index contributed by atoms with van der Waals surface area (Å²) >= 11 is 5.83. The number of nitrogens with one attached hydrogen (secondary N) is 1. The van der Waals surface area contributed by atoms with E-state index in [9.17, 15) is 0 Å². The number of benzene rings is 1. The summed E-state index contributed by atoms with van der Waals surface area (Å²) in [6.45, 7) is 5.85. The van der Waals surface area contributed by atoms with Gasteiger partial charge in [0.2, 0.25) is 11.8 Å². The van der Waals surface area contributed by atoms with Crippen LogP contribution in [0.5, 0.6) is 5.88 Å². The third kappa shape index (κ3) is 4.10. The summed E-state index contributed by atoms with van der Waals surface area (Å²) in [6.07, 6.45) is 0.0803. The van der Waals surface area contributed by atoms with Crippen molar-refractivity contribution in [2.24, 2.45) is 0 Å². The molecule has 4 nitrogen and oxygen atoms in total. The zero-order valence-electron chi connectivity index (χ0n) is 11.9. The van der Waals surface area contributed by atoms with Gasteiger partial charge in [-0.3, -0.25) is 0 Å². The number of hydrogen-bond donors (Lipinski definition) is 1. The first kappa shape index (κ1) is 14.6. The van der Waals surface area contributed by atoms with E-state index in [4.69, 9.17) is 16.3 Å². The number of alkyl halides is 1. The van der Waals surface area contributed by atoms with Crippen molar-refractivity contribution in [1.82, 2.24) is 9.97 Å². The van der Waals surface area contributed by atoms with E-state index in [1.807, 2.05) is 51.1 Å². The van der Waals surface area contributed by atoms with Gasteiger partial charge >= 0.3 is 0 Å². The summed E-state index contributed by atoms with van der Waals surface area (Å²) < 4.78 is 5.61. The first-order chi connectivity index (χ1) is 9.56. The van der Waals surface area contributed by atoms with E-state index in [1.54, 1.807) is 0 Å². The summed E-state index contributed by atoms with van der Waals surface area (Å²) in [6, 6.07) is 9.66. The van der Waals surface area contributed by atoms with Gasteiger partial charge in [-0.25, -0.2) is 4.98 Å². The second-order valence-electron chi connectivity index (χ2n) is 4.80. The smallest absolute Gasteiger partial charge is 0.230 e. The molecule has 0 aliphatic carbocycles. The fourth-order valence-electron chi connectivity index (χ4n) is 1.76. The molecule has 0 spiro atoms. The summed E-state index contributed by atoms with van der Waals surface area (Å²) in [5.74, 6) is 1.57. The minimum absolute atomic E-state index is 0.0803. The van der Waals surface area contributed by atoms with E-state index in [0.717, 1.165) is 16.9 Å². The van der Waals surface area contributed by atoms with Gasteiger partial charge in [0.25, 0.3) is 0 Å². The minimum Gasteiger partial charge on any atom is -0.475 e. The van der Waals surface area contributed by atoms with E-state index in [0.29, 0.717) is 17.7 Å². The standard InChI is InChI=1S/C15H18ClN3O/c1-10(2)20-14-7-11(3)17-15(19-14)18-13-6-4-5-12(8-13)9-16/h4-8,10H,9H2,1-3H3,(H,17,18,19). The van der Waals surface area contributed by atoms with Crippen LogP contribution in [0.1, 0.15) is 25.1 Å². The lowest BCUT2D eigenvalue weighted by Gasteiger charge is -2.11. The van der Waals surface area contributed by atoms with Gasteiger partial charge in [0, 0.05) is 23.3 Å². The van der Waals surface area contributed by atoms with Crippen molar-refractivity contribution in [2.75, 3.05) is 5.32 Å². The number of aryl methyl sites for hydroxylation is 1. The van der Waals surface area contributed by atoms with Crippen LogP contribution in [0.3, 0.4) is 0 Å². The van der Waals surface area contributed by atoms with Crippen molar-refractivity contribution in [1.29, 1.82) is 0 Å². The molecule has 1 heterocycles. The molecule has 1 aromatic heterocycles. The Morgan fingerprint density at radius 1 is 1.25 bits per heavy atom. The number of aromatic nitrogens is 2. The van der Waals surface area contributed by atoms with Gasteiger partial charge in [-0.15, -0.1) is 11.6 Å². The van der Waals surface area contributed by atoms with Gasteiger partial charge in [0.15, 0.2) is 0 Å². The maximum atomic E-state index is 5.83. The van der Waals surface area contributed by atoms with Crippen LogP contribution >= 0.6 is 11.6 Å². The number of anilines is 2. The summed E-state index contributed by atoms with van der Waals surface area (Å²) in [4.78, 5) is 8.70. The molecule has 106 valence electrons. The zero-order valence-corrected chi connectivity index (χ0v) is 12.6. The molecular weight excluding hydrogens is 274 g/mol. The maximum Gasteiger partial charge on any atom is 0.230 e. The van der Waals surface area contributed by atoms with E-state index in [1.165, 1.54) is 0 Å². The van der Waals surface area contributed by atoms with Crippen LogP contribution in [0.2, 0.25) is 0 Å². The highest BCUT2D eigenvalue weighted by molar-refractivity contribution is 6.17. The highest BCUT2D eigenvalue weighted by Crippen LogP contribution is 2.19. The van der Waals surface area contributed by atoms with Crippen molar-refractivity contribution >= 4 is 23.2 Å². The quantitative estimate of drug-likeness (QED) is 0.844. The maximum absolute atomic E-state index is 5.83. The van der Waals surface area contributed by atoms with Crippen molar-refractivity contribution in [3.8, 4) is 5.88 Å². The van der Waals surface area contributed by atoms with Gasteiger partial charge in [-0.05, 0) is 38.5 Å². The van der Waals surface area contributed by atoms with E-state index >= 15 is 0 Å². The normalized spacial score (nSPS) is 10.7. The predicted octanol–water partition coefficient (Wildman–Crippen LogP) is 4.05. The largest absolute Gasteiger partial charge is 0.475 e. The SMILES string of the molecule is Cc1cc(OC(C)C)nc(Nc2cccc(CCl)c2)n1. The molecule has 0 atom stereocenters. The third-order valence-corrected chi connectivity index (χ3v) is 2.83. The molecule has 0 aliphatic rings. The van der Waals surface area contributed by atoms with Gasteiger partial charge in [0.05, 0.1) is 6.10 Å². The molecule has 0 aliphatic heterocycles. The average Bonchev–Trinajstić information content (AvgIpc) is 2.37. The Kier molecular flexibility index (Phi) is 4.79. The molecule has 5 heteroatoms. The topological polar surface area (TPSA) is 47.0 Å². The molecule has 0 bridgehead atoms. The Hall–Kier alpha value is -1.81. The van der Waals surface area contributed by atoms with Crippen LogP contribution < -0.4 is 10.1 Å². The van der Waals surface area contributed by atoms with Crippen LogP contribution in [0.25, 0.3) is 0 Å². The molecule has 0 unspecified atom stereocenters. The highest BCUT2D eigenvalue weighted by Gasteiger charge is 2.05. The van der Waals surface area contributed by atoms with Gasteiger partial charge in [0.1, 0.15) is 0 Å². The molecule has 0 fully saturated rings. The Bertz CT molecular complexity index is 587. The lowest BCUT2D eigenvalue weighted by molar-refractivity contribution is 0.232. The summed E-state index contributed by atoms with van der Waals surface area (Å²) in [5.41, 5.74) is 2.80. The van der Waals surface area contributed by atoms with Crippen molar-refractivity contribution < 1.29 is 4.74 Å². The average molecular weight is 292 g/mol. The Morgan fingerprint density at radius 3 is 2.75 bits per heavy atom. The van der Waals surface area contributed by atoms with Crippen molar-refractivity contribution in [2.45, 2.75) is 32.8 Å². The Morgan fingerprint density at radius 2 is 2.05 bits per heavy atom. The molecule has 2 rings (SSSR count). The molecule has 2 aromatic rings. The monoisotopic (exact) mass is 291 g/mol. The number of hydrogen-bond acceptors (Lipinski definition) is 4. The predicted molar refractivity (Wildman–Crippen MR) is 81.8 cm³/mol. The first-order valence-electron chi connectivity index (χ1n) is 6.51. The lowest BCUT2D eigenvalue weighted by atomic mass is 10.2. The van der Waals surface area contributed by atoms with Crippen LogP contribution in [-0.4, -0.2) is 16.1 Å². The molecular formula is C15H18ClN3O. The second-order valence-corrected chi connectivity index (χ2v) is 5.06. The Labute approximate surface area is 124 Å². The first-order valence-corrected chi connectivity index (χ1v) is 7.04. The van der Waals surface area contributed by atoms with Gasteiger partial charge in [-0.1, -0.05) is 12.1 Å². The molecule has 0 radical (unpaired) electrons. The van der Waals surface area contributed by atoms with Crippen LogP contribution in [0, 0.1) is 6.92 Å². The van der Waals surface area contributed by atoms with Crippen LogP contribution in [0.4, 0.5) is 11.6 Å². The Balaban J connectivity index is 2.21. The highest BCUT2D eigenvalue weighted by atomic mass is 35.5. The summed E-state index contributed by atoms with van der Waals surface area (Å²) in [7, 11) is 0. The third-order valence-electron chi connectivity index (χ3n) is 2.52. The molecule has 0 saturated heterocycles. The van der Waals surface area contributed by atoms with Crippen LogP contribution in [0.15, 0.2) is 30.3 Å². The minimum atomic E-state index is 0.0803. The number of ether oxygens (including phenoxy) is 1. The lowest BCUT2D eigenvalue weighted by Crippen LogP contribution is -2.09. The van der Waals surface area contributed by atoms with E-state index in [-0.39, 0.29) is 6.10 Å². The molecule has 20 heavy (non-hydrogen) atoms. The van der Waals surface area contributed by atoms with Crippen molar-refractivity contribution in [3.63, 3.8) is 0 Å². The van der Waals surface area contributed by atoms with Gasteiger partial charge in [-0.2, -0.15) is 4.98 Å². The number of halogens is 1. The van der Waals surface area contributed by atoms with Crippen molar-refractivity contribution in [3.05, 3.63) is 41.6 Å². The van der Waals surface area contributed by atoms with E-state index < -0.39 is 0 Å². The van der Waals surface area contributed by atoms with Gasteiger partial charge < -0.3 is 10.1 Å². The number of nitrogens with zero attached hydrogens (tertiary/aromatic N) is 2. The van der Waals surface area contributed by atoms with E-state index in [2.05, 4.69) is 15.3 Å². The van der Waals surface area contributed by atoms with Crippen LogP contribution in [-0.2, 0) is 5.88 Å². The molecule has 1 N–H and O–H groups in total. The number of rotatable bonds is 5. The summed E-state index contributed by atoms with van der Waals surface area (Å²) in [5, 5.41) is 3.17. The fourth-order valence-corrected chi connectivity index (χ4v) is 1.92. The zero-order chi connectivity index (χ0) is 14.5.